The lowest BCUT2D eigenvalue weighted by Gasteiger charge is -2.18. The molecule has 466 valence electrons. The second kappa shape index (κ2) is 69.3. The van der Waals surface area contributed by atoms with Crippen molar-refractivity contribution in [2.24, 2.45) is 0 Å². The highest BCUT2D eigenvalue weighted by molar-refractivity contribution is 5.71. The number of allylic oxidation sites excluding steroid dienone is 28. The topological polar surface area (TPSA) is 78.9 Å². The molecule has 0 rings (SSSR count). The van der Waals surface area contributed by atoms with Gasteiger partial charge in [0.15, 0.2) is 6.10 Å². The van der Waals surface area contributed by atoms with E-state index in [-0.39, 0.29) is 37.5 Å². The molecule has 0 aromatic heterocycles. The van der Waals surface area contributed by atoms with Gasteiger partial charge in [0.2, 0.25) is 0 Å². The summed E-state index contributed by atoms with van der Waals surface area (Å²) in [5.41, 5.74) is 0. The average molecular weight is 1140 g/mol. The monoisotopic (exact) mass is 1140 g/mol. The van der Waals surface area contributed by atoms with Gasteiger partial charge < -0.3 is 14.2 Å². The van der Waals surface area contributed by atoms with E-state index in [1.54, 1.807) is 0 Å². The maximum atomic E-state index is 12.9. The van der Waals surface area contributed by atoms with Crippen LogP contribution in [0.25, 0.3) is 0 Å². The van der Waals surface area contributed by atoms with Crippen molar-refractivity contribution in [1.82, 2.24) is 0 Å². The SMILES string of the molecule is CC/C=C\C/C=C\C/C=C\C/C=C\C/C=C\C/C=C\C/C=C\CCCCCCCCCCCCCCCC(=O)OCC(COC(=O)CCCCCCC/C=C\C/C=C\C/C=C\CC)OC(=O)CCCC/C=C\C/C=C\C/C=C\C/C=C\CC. The van der Waals surface area contributed by atoms with Crippen LogP contribution in [0.5, 0.6) is 0 Å². The Morgan fingerprint density at radius 3 is 0.699 bits per heavy atom. The molecule has 6 heteroatoms. The molecule has 0 aliphatic carbocycles. The van der Waals surface area contributed by atoms with Crippen LogP contribution in [0, 0.1) is 0 Å². The number of carbonyl (C=O) groups is 3. The first-order valence-corrected chi connectivity index (χ1v) is 33.6. The molecule has 0 amide bonds. The predicted octanol–water partition coefficient (Wildman–Crippen LogP) is 23.4. The maximum Gasteiger partial charge on any atom is 0.306 e. The van der Waals surface area contributed by atoms with E-state index in [0.29, 0.717) is 19.3 Å². The Morgan fingerprint density at radius 2 is 0.434 bits per heavy atom. The third kappa shape index (κ3) is 67.4. The highest BCUT2D eigenvalue weighted by Crippen LogP contribution is 2.15. The van der Waals surface area contributed by atoms with E-state index in [2.05, 4.69) is 191 Å². The predicted molar refractivity (Wildman–Crippen MR) is 361 cm³/mol. The van der Waals surface area contributed by atoms with Crippen LogP contribution in [0.15, 0.2) is 170 Å². The lowest BCUT2D eigenvalue weighted by molar-refractivity contribution is -0.167. The van der Waals surface area contributed by atoms with Crippen molar-refractivity contribution in [3.8, 4) is 0 Å². The number of hydrogen-bond acceptors (Lipinski definition) is 6. The second-order valence-corrected chi connectivity index (χ2v) is 21.6. The van der Waals surface area contributed by atoms with Crippen LogP contribution in [0.3, 0.4) is 0 Å². The van der Waals surface area contributed by atoms with Gasteiger partial charge in [0.05, 0.1) is 0 Å². The Labute approximate surface area is 511 Å². The van der Waals surface area contributed by atoms with E-state index in [9.17, 15) is 14.4 Å². The van der Waals surface area contributed by atoms with E-state index in [0.717, 1.165) is 161 Å². The summed E-state index contributed by atoms with van der Waals surface area (Å²) in [6.45, 7) is 6.25. The largest absolute Gasteiger partial charge is 0.462 e. The van der Waals surface area contributed by atoms with Crippen LogP contribution in [0.1, 0.15) is 278 Å². The molecule has 6 nitrogen and oxygen atoms in total. The molecular formula is C77H122O6. The smallest absolute Gasteiger partial charge is 0.306 e. The van der Waals surface area contributed by atoms with Gasteiger partial charge in [-0.2, -0.15) is 0 Å². The standard InChI is InChI=1S/C77H122O6/c1-4-7-10-13-16-19-22-25-28-29-30-31-32-33-34-35-36-37-38-39-40-41-42-43-44-45-46-47-50-52-55-58-61-64-67-70-76(79)82-73-74(83-77(80)71-68-65-62-59-56-53-49-27-24-21-18-15-12-9-6-3)72-81-75(78)69-66-63-60-57-54-51-48-26-23-20-17-14-11-8-5-2/h7-12,16-21,25-28,30-31,33-34,36-37,39-40,48-49,56,59,74H,4-6,13-15,22-24,29,32,35,38,41-47,50-55,57-58,60-73H2,1-3H3/b10-7-,11-8-,12-9-,19-16-,20-17-,21-18-,28-25-,31-30-,34-33-,37-36-,40-39-,48-26-,49-27-,59-56-. The van der Waals surface area contributed by atoms with Crippen molar-refractivity contribution < 1.29 is 28.6 Å². The minimum Gasteiger partial charge on any atom is -0.462 e. The molecule has 0 saturated heterocycles. The van der Waals surface area contributed by atoms with Crippen LogP contribution in [0.2, 0.25) is 0 Å². The zero-order valence-corrected chi connectivity index (χ0v) is 53.4. The summed E-state index contributed by atoms with van der Waals surface area (Å²) in [5.74, 6) is -0.969. The molecule has 0 bridgehead atoms. The molecule has 0 aliphatic heterocycles. The fraction of sp³-hybridized carbons (Fsp3) is 0.597. The number of esters is 3. The third-order valence-electron chi connectivity index (χ3n) is 13.7. The summed E-state index contributed by atoms with van der Waals surface area (Å²) >= 11 is 0. The summed E-state index contributed by atoms with van der Waals surface area (Å²) in [6, 6.07) is 0. The highest BCUT2D eigenvalue weighted by atomic mass is 16.6. The molecule has 0 radical (unpaired) electrons. The Bertz CT molecular complexity index is 1890. The van der Waals surface area contributed by atoms with E-state index in [4.69, 9.17) is 14.2 Å². The van der Waals surface area contributed by atoms with Gasteiger partial charge in [0.1, 0.15) is 13.2 Å². The molecule has 0 aromatic carbocycles. The van der Waals surface area contributed by atoms with Crippen molar-refractivity contribution in [3.05, 3.63) is 170 Å². The second-order valence-electron chi connectivity index (χ2n) is 21.6. The lowest BCUT2D eigenvalue weighted by Crippen LogP contribution is -2.30. The van der Waals surface area contributed by atoms with Crippen molar-refractivity contribution in [2.45, 2.75) is 284 Å². The number of hydrogen-bond donors (Lipinski definition) is 0. The van der Waals surface area contributed by atoms with E-state index < -0.39 is 6.10 Å². The van der Waals surface area contributed by atoms with E-state index >= 15 is 0 Å². The number of carbonyl (C=O) groups excluding carboxylic acids is 3. The molecule has 0 N–H and O–H groups in total. The van der Waals surface area contributed by atoms with Crippen molar-refractivity contribution in [3.63, 3.8) is 0 Å². The van der Waals surface area contributed by atoms with Gasteiger partial charge in [-0.3, -0.25) is 14.4 Å². The van der Waals surface area contributed by atoms with Gasteiger partial charge in [-0.15, -0.1) is 0 Å². The van der Waals surface area contributed by atoms with Crippen molar-refractivity contribution in [1.29, 1.82) is 0 Å². The fourth-order valence-electron chi connectivity index (χ4n) is 8.78. The Hall–Kier alpha value is -5.23. The fourth-order valence-corrected chi connectivity index (χ4v) is 8.78. The van der Waals surface area contributed by atoms with Gasteiger partial charge in [-0.05, 0) is 148 Å². The molecule has 83 heavy (non-hydrogen) atoms. The first kappa shape index (κ1) is 77.8. The quantitative estimate of drug-likeness (QED) is 0.0261. The molecule has 0 fully saturated rings. The van der Waals surface area contributed by atoms with Gasteiger partial charge in [-0.25, -0.2) is 0 Å². The number of rotatable bonds is 59. The van der Waals surface area contributed by atoms with Crippen LogP contribution in [0.4, 0.5) is 0 Å². The molecule has 0 aliphatic rings. The molecule has 1 atom stereocenters. The lowest BCUT2D eigenvalue weighted by atomic mass is 10.0. The number of ether oxygens (including phenoxy) is 3. The van der Waals surface area contributed by atoms with Crippen LogP contribution in [-0.4, -0.2) is 37.2 Å². The zero-order valence-electron chi connectivity index (χ0n) is 53.4. The van der Waals surface area contributed by atoms with E-state index in [1.807, 2.05) is 0 Å². The third-order valence-corrected chi connectivity index (χ3v) is 13.7. The molecule has 0 saturated carbocycles. The Morgan fingerprint density at radius 1 is 0.241 bits per heavy atom. The molecule has 1 unspecified atom stereocenters. The summed E-state index contributed by atoms with van der Waals surface area (Å²) in [7, 11) is 0. The Kier molecular flexibility index (Phi) is 64.9. The zero-order chi connectivity index (χ0) is 59.9. The van der Waals surface area contributed by atoms with Gasteiger partial charge in [0.25, 0.3) is 0 Å². The summed E-state index contributed by atoms with van der Waals surface area (Å²) in [5, 5.41) is 0. The van der Waals surface area contributed by atoms with Crippen molar-refractivity contribution >= 4 is 17.9 Å². The first-order valence-electron chi connectivity index (χ1n) is 33.6. The molecule has 0 spiro atoms. The summed E-state index contributed by atoms with van der Waals surface area (Å²) in [6.07, 6.45) is 102. The summed E-state index contributed by atoms with van der Waals surface area (Å²) < 4.78 is 16.9. The van der Waals surface area contributed by atoms with E-state index in [1.165, 1.54) is 70.6 Å². The van der Waals surface area contributed by atoms with Gasteiger partial charge >= 0.3 is 17.9 Å². The van der Waals surface area contributed by atoms with Crippen LogP contribution < -0.4 is 0 Å². The number of unbranched alkanes of at least 4 members (excludes halogenated alkanes) is 20. The highest BCUT2D eigenvalue weighted by Gasteiger charge is 2.19. The average Bonchev–Trinajstić information content (AvgIpc) is 3.49. The molecule has 0 aromatic rings. The van der Waals surface area contributed by atoms with Gasteiger partial charge in [0, 0.05) is 19.3 Å². The summed E-state index contributed by atoms with van der Waals surface area (Å²) in [4.78, 5) is 38.3. The van der Waals surface area contributed by atoms with Crippen molar-refractivity contribution in [2.75, 3.05) is 13.2 Å². The molecule has 0 heterocycles. The first-order chi connectivity index (χ1) is 41.0. The van der Waals surface area contributed by atoms with Crippen LogP contribution >= 0.6 is 0 Å². The minimum atomic E-state index is -0.816. The minimum absolute atomic E-state index is 0.107. The maximum absolute atomic E-state index is 12.9. The normalized spacial score (nSPS) is 13.2. The Balaban J connectivity index is 4.27. The molecular weight excluding hydrogens is 1020 g/mol. The van der Waals surface area contributed by atoms with Crippen LogP contribution in [-0.2, 0) is 28.6 Å². The van der Waals surface area contributed by atoms with Gasteiger partial charge in [-0.1, -0.05) is 281 Å².